The second kappa shape index (κ2) is 3.70. The molecule has 0 radical (unpaired) electrons. The standard InChI is InChI=1S/C8H15NOSi/c1-5-7(10)8(3,6-2)9(4)11/h1H,6H2,2-4,11H3. The highest BCUT2D eigenvalue weighted by atomic mass is 28.2. The van der Waals surface area contributed by atoms with Crippen molar-refractivity contribution in [3.8, 4) is 12.3 Å². The molecule has 0 rings (SSSR count). The Bertz CT molecular complexity index is 195. The average Bonchev–Trinajstić information content (AvgIpc) is 2.01. The summed E-state index contributed by atoms with van der Waals surface area (Å²) >= 11 is 0. The zero-order valence-corrected chi connectivity index (χ0v) is 9.64. The predicted octanol–water partition coefficient (Wildman–Crippen LogP) is -0.430. The predicted molar refractivity (Wildman–Crippen MR) is 50.2 cm³/mol. The Hall–Kier alpha value is -0.593. The molecule has 0 N–H and O–H groups in total. The van der Waals surface area contributed by atoms with E-state index in [1.54, 1.807) is 0 Å². The van der Waals surface area contributed by atoms with Gasteiger partial charge < -0.3 is 4.57 Å². The molecule has 0 aliphatic carbocycles. The Morgan fingerprint density at radius 3 is 2.36 bits per heavy atom. The molecule has 11 heavy (non-hydrogen) atoms. The van der Waals surface area contributed by atoms with Crippen molar-refractivity contribution in [2.24, 2.45) is 0 Å². The third-order valence-corrected chi connectivity index (χ3v) is 3.28. The van der Waals surface area contributed by atoms with Gasteiger partial charge in [0.25, 0.3) is 0 Å². The fourth-order valence-electron chi connectivity index (χ4n) is 0.835. The zero-order valence-electron chi connectivity index (χ0n) is 7.64. The van der Waals surface area contributed by atoms with Gasteiger partial charge in [0.1, 0.15) is 0 Å². The summed E-state index contributed by atoms with van der Waals surface area (Å²) < 4.78 is 2.00. The number of rotatable bonds is 3. The molecule has 0 heterocycles. The molecule has 3 heteroatoms. The fourth-order valence-corrected chi connectivity index (χ4v) is 1.35. The summed E-state index contributed by atoms with van der Waals surface area (Å²) in [5.41, 5.74) is -0.430. The van der Waals surface area contributed by atoms with Crippen molar-refractivity contribution in [3.63, 3.8) is 0 Å². The summed E-state index contributed by atoms with van der Waals surface area (Å²) in [6, 6.07) is 0. The molecule has 1 unspecified atom stereocenters. The van der Waals surface area contributed by atoms with E-state index >= 15 is 0 Å². The van der Waals surface area contributed by atoms with E-state index in [-0.39, 0.29) is 5.78 Å². The van der Waals surface area contributed by atoms with Crippen LogP contribution in [0.25, 0.3) is 0 Å². The van der Waals surface area contributed by atoms with E-state index < -0.39 is 5.54 Å². The zero-order chi connectivity index (χ0) is 9.07. The molecule has 0 saturated carbocycles. The van der Waals surface area contributed by atoms with E-state index in [0.29, 0.717) is 0 Å². The van der Waals surface area contributed by atoms with Crippen LogP contribution in [0, 0.1) is 12.3 Å². The first-order valence-electron chi connectivity index (χ1n) is 3.67. The minimum atomic E-state index is -0.430. The smallest absolute Gasteiger partial charge is 0.224 e. The molecule has 0 aliphatic rings. The molecule has 0 aromatic heterocycles. The van der Waals surface area contributed by atoms with Gasteiger partial charge in [-0.25, -0.2) is 0 Å². The van der Waals surface area contributed by atoms with Crippen LogP contribution in [0.3, 0.4) is 0 Å². The van der Waals surface area contributed by atoms with Crippen molar-refractivity contribution >= 4 is 16.2 Å². The monoisotopic (exact) mass is 169 g/mol. The van der Waals surface area contributed by atoms with Crippen molar-refractivity contribution in [1.29, 1.82) is 0 Å². The number of likely N-dealkylation sites (N-methyl/N-ethyl adjacent to an activating group) is 1. The molecule has 0 saturated heterocycles. The lowest BCUT2D eigenvalue weighted by atomic mass is 9.94. The molecule has 0 fully saturated rings. The molecular weight excluding hydrogens is 154 g/mol. The van der Waals surface area contributed by atoms with Gasteiger partial charge in [-0.3, -0.25) is 4.79 Å². The molecule has 0 bridgehead atoms. The van der Waals surface area contributed by atoms with Gasteiger partial charge in [0.2, 0.25) is 5.78 Å². The lowest BCUT2D eigenvalue weighted by Crippen LogP contribution is -2.48. The Labute approximate surface area is 71.5 Å². The normalized spacial score (nSPS) is 15.9. The fraction of sp³-hybridized carbons (Fsp3) is 0.625. The number of ketones is 1. The van der Waals surface area contributed by atoms with Crippen molar-refractivity contribution < 1.29 is 4.79 Å². The highest BCUT2D eigenvalue weighted by Crippen LogP contribution is 2.15. The number of carbonyl (C=O) groups is 1. The minimum absolute atomic E-state index is 0.113. The Morgan fingerprint density at radius 2 is 2.27 bits per heavy atom. The molecule has 1 atom stereocenters. The van der Waals surface area contributed by atoms with Crippen LogP contribution >= 0.6 is 0 Å². The second-order valence-corrected chi connectivity index (χ2v) is 4.34. The van der Waals surface area contributed by atoms with Gasteiger partial charge in [0, 0.05) is 0 Å². The summed E-state index contributed by atoms with van der Waals surface area (Å²) in [4.78, 5) is 11.3. The van der Waals surface area contributed by atoms with Gasteiger partial charge in [0.05, 0.1) is 15.9 Å². The van der Waals surface area contributed by atoms with Gasteiger partial charge in [-0.2, -0.15) is 0 Å². The van der Waals surface area contributed by atoms with Crippen LogP contribution in [-0.4, -0.2) is 33.3 Å². The Balaban J connectivity index is 4.63. The van der Waals surface area contributed by atoms with Gasteiger partial charge in [-0.05, 0) is 26.3 Å². The van der Waals surface area contributed by atoms with Crippen LogP contribution in [0.1, 0.15) is 20.3 Å². The first-order chi connectivity index (χ1) is 4.99. The molecule has 2 nitrogen and oxygen atoms in total. The van der Waals surface area contributed by atoms with Crippen LogP contribution in [0.2, 0.25) is 0 Å². The van der Waals surface area contributed by atoms with Crippen molar-refractivity contribution in [2.75, 3.05) is 7.05 Å². The summed E-state index contributed by atoms with van der Waals surface area (Å²) in [5, 5.41) is 0. The molecule has 0 aromatic rings. The van der Waals surface area contributed by atoms with Crippen LogP contribution in [0.5, 0.6) is 0 Å². The third-order valence-electron chi connectivity index (χ3n) is 2.30. The number of Topliss-reactive ketones (excluding diaryl/α,β-unsaturated/α-hetero) is 1. The summed E-state index contributed by atoms with van der Waals surface area (Å²) in [6.07, 6.45) is 5.83. The molecule has 0 amide bonds. The largest absolute Gasteiger partial charge is 0.323 e. The van der Waals surface area contributed by atoms with E-state index in [1.807, 2.05) is 25.5 Å². The van der Waals surface area contributed by atoms with Gasteiger partial charge in [0.15, 0.2) is 0 Å². The van der Waals surface area contributed by atoms with E-state index in [0.717, 1.165) is 16.8 Å². The van der Waals surface area contributed by atoms with Gasteiger partial charge in [-0.1, -0.05) is 6.92 Å². The van der Waals surface area contributed by atoms with E-state index in [9.17, 15) is 4.79 Å². The van der Waals surface area contributed by atoms with Crippen LogP contribution in [0.15, 0.2) is 0 Å². The maximum Gasteiger partial charge on any atom is 0.224 e. The van der Waals surface area contributed by atoms with Crippen molar-refractivity contribution in [1.82, 2.24) is 4.57 Å². The number of nitrogens with zero attached hydrogens (tertiary/aromatic N) is 1. The van der Waals surface area contributed by atoms with Crippen LogP contribution in [0.4, 0.5) is 0 Å². The minimum Gasteiger partial charge on any atom is -0.323 e. The van der Waals surface area contributed by atoms with Crippen LogP contribution < -0.4 is 0 Å². The average molecular weight is 169 g/mol. The lowest BCUT2D eigenvalue weighted by Gasteiger charge is -2.32. The first-order valence-corrected chi connectivity index (χ1v) is 4.57. The summed E-state index contributed by atoms with van der Waals surface area (Å²) in [6.45, 7) is 3.87. The highest BCUT2D eigenvalue weighted by molar-refractivity contribution is 6.11. The molecule has 0 aromatic carbocycles. The Kier molecular flexibility index (Phi) is 3.50. The topological polar surface area (TPSA) is 20.3 Å². The number of terminal acetylenes is 1. The molecular formula is C8H15NOSi. The van der Waals surface area contributed by atoms with E-state index in [2.05, 4.69) is 5.92 Å². The maximum atomic E-state index is 11.3. The van der Waals surface area contributed by atoms with Crippen molar-refractivity contribution in [2.45, 2.75) is 25.8 Å². The van der Waals surface area contributed by atoms with Gasteiger partial charge >= 0.3 is 0 Å². The summed E-state index contributed by atoms with van der Waals surface area (Å²) in [7, 11) is 2.78. The first kappa shape index (κ1) is 10.4. The molecule has 0 spiro atoms. The number of carbonyl (C=O) groups excluding carboxylic acids is 1. The van der Waals surface area contributed by atoms with E-state index in [4.69, 9.17) is 6.42 Å². The summed E-state index contributed by atoms with van der Waals surface area (Å²) in [5.74, 6) is 2.07. The SMILES string of the molecule is C#CC(=O)C(C)(CC)N(C)[SiH3]. The maximum absolute atomic E-state index is 11.3. The lowest BCUT2D eigenvalue weighted by molar-refractivity contribution is -0.121. The van der Waals surface area contributed by atoms with Crippen LogP contribution in [-0.2, 0) is 4.79 Å². The third kappa shape index (κ3) is 1.92. The van der Waals surface area contributed by atoms with E-state index in [1.165, 1.54) is 0 Å². The number of hydrogen-bond donors (Lipinski definition) is 0. The Morgan fingerprint density at radius 1 is 1.82 bits per heavy atom. The highest BCUT2D eigenvalue weighted by Gasteiger charge is 2.31. The molecule has 62 valence electrons. The van der Waals surface area contributed by atoms with Gasteiger partial charge in [-0.15, -0.1) is 6.42 Å². The second-order valence-electron chi connectivity index (χ2n) is 3.00. The number of hydrogen-bond acceptors (Lipinski definition) is 2. The van der Waals surface area contributed by atoms with Crippen molar-refractivity contribution in [3.05, 3.63) is 0 Å². The quantitative estimate of drug-likeness (QED) is 0.325. The molecule has 0 aliphatic heterocycles.